The summed E-state index contributed by atoms with van der Waals surface area (Å²) in [6.07, 6.45) is 2.07. The Hall–Kier alpha value is -1.61. The molecule has 0 amide bonds. The summed E-state index contributed by atoms with van der Waals surface area (Å²) in [4.78, 5) is 0. The van der Waals surface area contributed by atoms with E-state index in [-0.39, 0.29) is 0 Å². The van der Waals surface area contributed by atoms with E-state index in [9.17, 15) is 0 Å². The maximum Gasteiger partial charge on any atom is 0.0638 e. The highest BCUT2D eigenvalue weighted by molar-refractivity contribution is 5.19. The molecule has 0 bridgehead atoms. The highest BCUT2D eigenvalue weighted by Crippen LogP contribution is 2.13. The van der Waals surface area contributed by atoms with Crippen LogP contribution in [0.25, 0.3) is 0 Å². The first kappa shape index (κ1) is 11.9. The van der Waals surface area contributed by atoms with Crippen molar-refractivity contribution in [2.75, 3.05) is 0 Å². The fourth-order valence-electron chi connectivity index (χ4n) is 1.94. The third-order valence-electron chi connectivity index (χ3n) is 3.01. The summed E-state index contributed by atoms with van der Waals surface area (Å²) in [5.74, 6) is 0. The lowest BCUT2D eigenvalue weighted by Gasteiger charge is -2.13. The summed E-state index contributed by atoms with van der Waals surface area (Å²) in [6.45, 7) is 5.08. The number of hydrogen-bond donors (Lipinski definition) is 1. The van der Waals surface area contributed by atoms with Crippen LogP contribution in [0.5, 0.6) is 0 Å². The summed E-state index contributed by atoms with van der Waals surface area (Å²) < 4.78 is 1.86. The van der Waals surface area contributed by atoms with Crippen molar-refractivity contribution in [2.24, 2.45) is 7.05 Å². The third kappa shape index (κ3) is 2.94. The molecule has 17 heavy (non-hydrogen) atoms. The molecule has 1 heterocycles. The molecule has 1 atom stereocenters. The van der Waals surface area contributed by atoms with E-state index in [1.54, 1.807) is 0 Å². The van der Waals surface area contributed by atoms with Crippen molar-refractivity contribution in [1.82, 2.24) is 15.1 Å². The molecule has 1 N–H and O–H groups in total. The van der Waals surface area contributed by atoms with Gasteiger partial charge in [-0.15, -0.1) is 0 Å². The molecule has 1 aromatic heterocycles. The molecule has 1 unspecified atom stereocenters. The van der Waals surface area contributed by atoms with Crippen LogP contribution in [0.3, 0.4) is 0 Å². The molecule has 90 valence electrons. The van der Waals surface area contributed by atoms with Gasteiger partial charge in [-0.3, -0.25) is 4.68 Å². The minimum atomic E-state index is 0.357. The number of aryl methyl sites for hydroxylation is 2. The van der Waals surface area contributed by atoms with E-state index in [1.807, 2.05) is 24.7 Å². The Labute approximate surface area is 102 Å². The number of aromatic nitrogens is 2. The largest absolute Gasteiger partial charge is 0.306 e. The maximum atomic E-state index is 4.34. The molecule has 0 radical (unpaired) electrons. The Morgan fingerprint density at radius 2 is 2.00 bits per heavy atom. The molecule has 0 saturated heterocycles. The third-order valence-corrected chi connectivity index (χ3v) is 3.01. The van der Waals surface area contributed by atoms with E-state index in [2.05, 4.69) is 47.8 Å². The summed E-state index contributed by atoms with van der Waals surface area (Å²) in [5, 5.41) is 7.85. The molecule has 1 aromatic carbocycles. The maximum absolute atomic E-state index is 4.34. The summed E-state index contributed by atoms with van der Waals surface area (Å²) >= 11 is 0. The van der Waals surface area contributed by atoms with Crippen molar-refractivity contribution in [2.45, 2.75) is 26.4 Å². The van der Waals surface area contributed by atoms with E-state index in [0.717, 1.165) is 12.2 Å². The van der Waals surface area contributed by atoms with E-state index in [4.69, 9.17) is 0 Å². The minimum absolute atomic E-state index is 0.357. The lowest BCUT2D eigenvalue weighted by Crippen LogP contribution is -2.18. The first-order chi connectivity index (χ1) is 8.16. The van der Waals surface area contributed by atoms with Crippen molar-refractivity contribution in [3.05, 3.63) is 53.3 Å². The van der Waals surface area contributed by atoms with Crippen LogP contribution in [0.4, 0.5) is 0 Å². The minimum Gasteiger partial charge on any atom is -0.306 e. The molecule has 0 aliphatic heterocycles. The number of benzene rings is 1. The lowest BCUT2D eigenvalue weighted by atomic mass is 10.1. The second-order valence-electron chi connectivity index (χ2n) is 4.43. The van der Waals surface area contributed by atoms with Gasteiger partial charge in [0.25, 0.3) is 0 Å². The van der Waals surface area contributed by atoms with E-state index in [0.29, 0.717) is 6.04 Å². The second kappa shape index (κ2) is 5.15. The average molecular weight is 229 g/mol. The molecule has 2 aromatic rings. The van der Waals surface area contributed by atoms with Gasteiger partial charge in [0.15, 0.2) is 0 Å². The van der Waals surface area contributed by atoms with Gasteiger partial charge in [0.05, 0.1) is 5.69 Å². The molecule has 0 aliphatic rings. The fraction of sp³-hybridized carbons (Fsp3) is 0.357. The smallest absolute Gasteiger partial charge is 0.0638 e. The quantitative estimate of drug-likeness (QED) is 0.873. The Kier molecular flexibility index (Phi) is 3.59. The van der Waals surface area contributed by atoms with Crippen molar-refractivity contribution < 1.29 is 0 Å². The summed E-state index contributed by atoms with van der Waals surface area (Å²) in [7, 11) is 1.96. The van der Waals surface area contributed by atoms with Crippen LogP contribution in [0.2, 0.25) is 0 Å². The first-order valence-corrected chi connectivity index (χ1v) is 5.94. The highest BCUT2D eigenvalue weighted by atomic mass is 15.2. The topological polar surface area (TPSA) is 29.9 Å². The van der Waals surface area contributed by atoms with Gasteiger partial charge in [-0.05, 0) is 19.4 Å². The van der Waals surface area contributed by atoms with Crippen LogP contribution in [-0.2, 0) is 13.6 Å². The number of rotatable bonds is 4. The second-order valence-corrected chi connectivity index (χ2v) is 4.43. The van der Waals surface area contributed by atoms with Crippen molar-refractivity contribution in [3.63, 3.8) is 0 Å². The monoisotopic (exact) mass is 229 g/mol. The first-order valence-electron chi connectivity index (χ1n) is 5.94. The van der Waals surface area contributed by atoms with Gasteiger partial charge in [-0.2, -0.15) is 5.10 Å². The van der Waals surface area contributed by atoms with Crippen LogP contribution in [0.15, 0.2) is 36.5 Å². The number of nitrogens with one attached hydrogen (secondary N) is 1. The van der Waals surface area contributed by atoms with E-state index < -0.39 is 0 Å². The van der Waals surface area contributed by atoms with Crippen molar-refractivity contribution in [3.8, 4) is 0 Å². The summed E-state index contributed by atoms with van der Waals surface area (Å²) in [5.41, 5.74) is 3.67. The predicted octanol–water partition coefficient (Wildman–Crippen LogP) is 2.58. The molecule has 0 spiro atoms. The Morgan fingerprint density at radius 3 is 2.59 bits per heavy atom. The zero-order chi connectivity index (χ0) is 12.3. The molecule has 3 nitrogen and oxygen atoms in total. The van der Waals surface area contributed by atoms with Gasteiger partial charge in [0, 0.05) is 31.4 Å². The normalized spacial score (nSPS) is 12.6. The van der Waals surface area contributed by atoms with Crippen molar-refractivity contribution >= 4 is 0 Å². The van der Waals surface area contributed by atoms with Crippen LogP contribution < -0.4 is 5.32 Å². The van der Waals surface area contributed by atoms with Gasteiger partial charge in [0.1, 0.15) is 0 Å². The molecule has 0 saturated carbocycles. The van der Waals surface area contributed by atoms with Crippen LogP contribution >= 0.6 is 0 Å². The standard InChI is InChI=1S/C14H19N3/c1-11(13-7-5-4-6-8-13)15-9-14-10-17(3)16-12(14)2/h4-8,10-11,15H,9H2,1-3H3. The van der Waals surface area contributed by atoms with Gasteiger partial charge in [0.2, 0.25) is 0 Å². The molecule has 3 heteroatoms. The Balaban J connectivity index is 1.97. The van der Waals surface area contributed by atoms with Gasteiger partial charge < -0.3 is 5.32 Å². The molecule has 0 fully saturated rings. The summed E-state index contributed by atoms with van der Waals surface area (Å²) in [6, 6.07) is 10.8. The number of hydrogen-bond acceptors (Lipinski definition) is 2. The predicted molar refractivity (Wildman–Crippen MR) is 69.6 cm³/mol. The van der Waals surface area contributed by atoms with Gasteiger partial charge in [-0.25, -0.2) is 0 Å². The Morgan fingerprint density at radius 1 is 1.29 bits per heavy atom. The van der Waals surface area contributed by atoms with Crippen LogP contribution in [0.1, 0.15) is 29.8 Å². The average Bonchev–Trinajstić information content (AvgIpc) is 2.66. The zero-order valence-corrected chi connectivity index (χ0v) is 10.6. The molecular formula is C14H19N3. The van der Waals surface area contributed by atoms with E-state index in [1.165, 1.54) is 11.1 Å². The van der Waals surface area contributed by atoms with Crippen molar-refractivity contribution in [1.29, 1.82) is 0 Å². The lowest BCUT2D eigenvalue weighted by molar-refractivity contribution is 0.573. The van der Waals surface area contributed by atoms with Crippen LogP contribution in [0, 0.1) is 6.92 Å². The molecular weight excluding hydrogens is 210 g/mol. The number of nitrogens with zero attached hydrogens (tertiary/aromatic N) is 2. The van der Waals surface area contributed by atoms with Gasteiger partial charge >= 0.3 is 0 Å². The fourth-order valence-corrected chi connectivity index (χ4v) is 1.94. The van der Waals surface area contributed by atoms with Gasteiger partial charge in [-0.1, -0.05) is 30.3 Å². The molecule has 2 rings (SSSR count). The highest BCUT2D eigenvalue weighted by Gasteiger charge is 2.06. The van der Waals surface area contributed by atoms with E-state index >= 15 is 0 Å². The Bertz CT molecular complexity index is 473. The zero-order valence-electron chi connectivity index (χ0n) is 10.6. The SMILES string of the molecule is Cc1nn(C)cc1CNC(C)c1ccccc1. The molecule has 0 aliphatic carbocycles. The van der Waals surface area contributed by atoms with Crippen LogP contribution in [-0.4, -0.2) is 9.78 Å².